The Kier molecular flexibility index (Phi) is 2.26. The van der Waals surface area contributed by atoms with E-state index in [1.807, 2.05) is 30.3 Å². The first-order valence-corrected chi connectivity index (χ1v) is 5.74. The maximum absolute atomic E-state index is 11.9. The number of piperidine rings is 1. The van der Waals surface area contributed by atoms with E-state index in [-0.39, 0.29) is 36.2 Å². The van der Waals surface area contributed by atoms with Crippen molar-refractivity contribution in [2.75, 3.05) is 6.61 Å². The lowest BCUT2D eigenvalue weighted by Gasteiger charge is -2.17. The summed E-state index contributed by atoms with van der Waals surface area (Å²) in [6.45, 7) is 0.287. The van der Waals surface area contributed by atoms with Crippen molar-refractivity contribution in [3.8, 4) is 0 Å². The van der Waals surface area contributed by atoms with Crippen molar-refractivity contribution >= 4 is 11.8 Å². The van der Waals surface area contributed by atoms with Gasteiger partial charge in [-0.2, -0.15) is 0 Å². The Hall–Kier alpha value is -1.68. The smallest absolute Gasteiger partial charge is 0.233 e. The van der Waals surface area contributed by atoms with Gasteiger partial charge in [0.1, 0.15) is 0 Å². The second-order valence-electron chi connectivity index (χ2n) is 4.65. The number of carbonyl (C=O) groups is 2. The zero-order valence-corrected chi connectivity index (χ0v) is 9.24. The van der Waals surface area contributed by atoms with Gasteiger partial charge in [0.15, 0.2) is 0 Å². The number of amides is 2. The average Bonchev–Trinajstić information content (AvgIpc) is 3.04. The zero-order valence-electron chi connectivity index (χ0n) is 9.24. The number of benzene rings is 1. The molecule has 1 aromatic carbocycles. The van der Waals surface area contributed by atoms with Crippen molar-refractivity contribution in [1.29, 1.82) is 0 Å². The molecule has 1 aliphatic carbocycles. The van der Waals surface area contributed by atoms with Gasteiger partial charge in [-0.3, -0.25) is 14.5 Å². The minimum absolute atomic E-state index is 0.0635. The van der Waals surface area contributed by atoms with Crippen molar-refractivity contribution < 1.29 is 14.7 Å². The highest BCUT2D eigenvalue weighted by molar-refractivity contribution is 6.09. The second kappa shape index (κ2) is 3.67. The van der Waals surface area contributed by atoms with E-state index >= 15 is 0 Å². The number of rotatable bonds is 3. The van der Waals surface area contributed by atoms with Crippen LogP contribution < -0.4 is 0 Å². The van der Waals surface area contributed by atoms with Gasteiger partial charge < -0.3 is 5.11 Å². The SMILES string of the molecule is O=C1C2C(CO)C2C(=O)N1Cc1ccccc1. The van der Waals surface area contributed by atoms with Gasteiger partial charge in [0, 0.05) is 12.5 Å². The monoisotopic (exact) mass is 231 g/mol. The molecule has 88 valence electrons. The summed E-state index contributed by atoms with van der Waals surface area (Å²) in [6, 6.07) is 9.47. The highest BCUT2D eigenvalue weighted by atomic mass is 16.3. The molecule has 0 spiro atoms. The predicted molar refractivity (Wildman–Crippen MR) is 59.6 cm³/mol. The van der Waals surface area contributed by atoms with Crippen LogP contribution in [0, 0.1) is 17.8 Å². The van der Waals surface area contributed by atoms with Crippen LogP contribution in [-0.4, -0.2) is 28.4 Å². The van der Waals surface area contributed by atoms with Crippen LogP contribution in [0.5, 0.6) is 0 Å². The van der Waals surface area contributed by atoms with E-state index in [4.69, 9.17) is 5.11 Å². The number of fused-ring (bicyclic) bond motifs is 1. The number of imide groups is 1. The quantitative estimate of drug-likeness (QED) is 0.766. The molecule has 1 heterocycles. The van der Waals surface area contributed by atoms with E-state index in [1.54, 1.807) is 0 Å². The molecule has 1 saturated heterocycles. The number of hydrogen-bond acceptors (Lipinski definition) is 3. The van der Waals surface area contributed by atoms with Crippen molar-refractivity contribution in [3.05, 3.63) is 35.9 Å². The van der Waals surface area contributed by atoms with Crippen LogP contribution in [0.25, 0.3) is 0 Å². The van der Waals surface area contributed by atoms with Crippen LogP contribution in [0.4, 0.5) is 0 Å². The standard InChI is InChI=1S/C13H13NO3/c15-7-9-10-11(9)13(17)14(12(10)16)6-8-4-2-1-3-5-8/h1-5,9-11,15H,6-7H2. The summed E-state index contributed by atoms with van der Waals surface area (Å²) < 4.78 is 0. The van der Waals surface area contributed by atoms with Gasteiger partial charge in [0.2, 0.25) is 11.8 Å². The summed E-state index contributed by atoms with van der Waals surface area (Å²) in [7, 11) is 0. The molecule has 1 aliphatic heterocycles. The third kappa shape index (κ3) is 1.48. The molecule has 2 atom stereocenters. The van der Waals surface area contributed by atoms with E-state index in [0.29, 0.717) is 6.54 Å². The average molecular weight is 231 g/mol. The van der Waals surface area contributed by atoms with Gasteiger partial charge in [-0.25, -0.2) is 0 Å². The summed E-state index contributed by atoms with van der Waals surface area (Å²) in [5, 5.41) is 9.00. The molecule has 2 aliphatic rings. The Bertz CT molecular complexity index is 449. The molecule has 2 amide bonds. The maximum Gasteiger partial charge on any atom is 0.233 e. The van der Waals surface area contributed by atoms with Gasteiger partial charge in [-0.05, 0) is 5.56 Å². The van der Waals surface area contributed by atoms with Crippen LogP contribution in [0.1, 0.15) is 5.56 Å². The van der Waals surface area contributed by atoms with E-state index in [0.717, 1.165) is 5.56 Å². The topological polar surface area (TPSA) is 57.6 Å². The highest BCUT2D eigenvalue weighted by Crippen LogP contribution is 2.53. The fraction of sp³-hybridized carbons (Fsp3) is 0.385. The number of hydrogen-bond donors (Lipinski definition) is 1. The number of aliphatic hydroxyl groups excluding tert-OH is 1. The molecular formula is C13H13NO3. The molecule has 0 aromatic heterocycles. The Morgan fingerprint density at radius 1 is 1.06 bits per heavy atom. The largest absolute Gasteiger partial charge is 0.396 e. The molecule has 1 aromatic rings. The van der Waals surface area contributed by atoms with Gasteiger partial charge in [0.25, 0.3) is 0 Å². The fourth-order valence-corrected chi connectivity index (χ4v) is 2.66. The summed E-state index contributed by atoms with van der Waals surface area (Å²) in [5.74, 6) is -0.875. The second-order valence-corrected chi connectivity index (χ2v) is 4.65. The molecule has 3 rings (SSSR count). The molecule has 17 heavy (non-hydrogen) atoms. The van der Waals surface area contributed by atoms with Crippen molar-refractivity contribution in [2.24, 2.45) is 17.8 Å². The first-order valence-electron chi connectivity index (χ1n) is 5.74. The Morgan fingerprint density at radius 3 is 2.18 bits per heavy atom. The molecule has 4 heteroatoms. The van der Waals surface area contributed by atoms with E-state index in [2.05, 4.69) is 0 Å². The lowest BCUT2D eigenvalue weighted by molar-refractivity contribution is -0.143. The minimum atomic E-state index is -0.254. The summed E-state index contributed by atoms with van der Waals surface area (Å²) >= 11 is 0. The van der Waals surface area contributed by atoms with Gasteiger partial charge in [0.05, 0.1) is 18.4 Å². The number of nitrogens with zero attached hydrogens (tertiary/aromatic N) is 1. The first kappa shape index (κ1) is 10.5. The van der Waals surface area contributed by atoms with Crippen LogP contribution >= 0.6 is 0 Å². The van der Waals surface area contributed by atoms with Crippen LogP contribution in [-0.2, 0) is 16.1 Å². The molecule has 1 saturated carbocycles. The summed E-state index contributed by atoms with van der Waals surface area (Å²) in [4.78, 5) is 25.2. The van der Waals surface area contributed by atoms with Crippen LogP contribution in [0.15, 0.2) is 30.3 Å². The number of aliphatic hydroxyl groups is 1. The van der Waals surface area contributed by atoms with E-state index in [9.17, 15) is 9.59 Å². The number of carbonyl (C=O) groups excluding carboxylic acids is 2. The van der Waals surface area contributed by atoms with Crippen LogP contribution in [0.3, 0.4) is 0 Å². The van der Waals surface area contributed by atoms with Crippen molar-refractivity contribution in [3.63, 3.8) is 0 Å². The van der Waals surface area contributed by atoms with Crippen LogP contribution in [0.2, 0.25) is 0 Å². The van der Waals surface area contributed by atoms with E-state index < -0.39 is 0 Å². The molecule has 4 nitrogen and oxygen atoms in total. The third-order valence-corrected chi connectivity index (χ3v) is 3.67. The molecule has 2 unspecified atom stereocenters. The molecule has 0 bridgehead atoms. The lowest BCUT2D eigenvalue weighted by atomic mass is 10.2. The molecular weight excluding hydrogens is 218 g/mol. The fourth-order valence-electron chi connectivity index (χ4n) is 2.66. The van der Waals surface area contributed by atoms with Gasteiger partial charge in [-0.1, -0.05) is 30.3 Å². The lowest BCUT2D eigenvalue weighted by Crippen LogP contribution is -2.34. The van der Waals surface area contributed by atoms with Crippen molar-refractivity contribution in [2.45, 2.75) is 6.54 Å². The Morgan fingerprint density at radius 2 is 1.65 bits per heavy atom. The maximum atomic E-state index is 11.9. The minimum Gasteiger partial charge on any atom is -0.396 e. The highest BCUT2D eigenvalue weighted by Gasteiger charge is 2.66. The third-order valence-electron chi connectivity index (χ3n) is 3.67. The molecule has 0 radical (unpaired) electrons. The van der Waals surface area contributed by atoms with E-state index in [1.165, 1.54) is 4.90 Å². The number of likely N-dealkylation sites (tertiary alicyclic amines) is 1. The molecule has 2 fully saturated rings. The normalized spacial score (nSPS) is 30.6. The summed E-state index contributed by atoms with van der Waals surface area (Å²) in [6.07, 6.45) is 0. The zero-order chi connectivity index (χ0) is 12.0. The Labute approximate surface area is 98.9 Å². The summed E-state index contributed by atoms with van der Waals surface area (Å²) in [5.41, 5.74) is 0.955. The Balaban J connectivity index is 1.75. The van der Waals surface area contributed by atoms with Crippen molar-refractivity contribution in [1.82, 2.24) is 4.90 Å². The van der Waals surface area contributed by atoms with Gasteiger partial charge >= 0.3 is 0 Å². The molecule has 1 N–H and O–H groups in total. The predicted octanol–water partition coefficient (Wildman–Crippen LogP) is 0.410. The van der Waals surface area contributed by atoms with Gasteiger partial charge in [-0.15, -0.1) is 0 Å². The first-order chi connectivity index (χ1) is 8.24.